The molecule has 2 unspecified atom stereocenters. The maximum atomic E-state index is 11.3. The molecular formula is C20H22ClN5O2S. The molecule has 0 radical (unpaired) electrons. The summed E-state index contributed by atoms with van der Waals surface area (Å²) >= 11 is 6.48. The van der Waals surface area contributed by atoms with Crippen molar-refractivity contribution in [2.45, 2.75) is 0 Å². The summed E-state index contributed by atoms with van der Waals surface area (Å²) < 4.78 is 27.3. The average molecular weight is 432 g/mol. The van der Waals surface area contributed by atoms with Crippen LogP contribution < -0.4 is 9.62 Å². The number of piperidine rings is 1. The lowest BCUT2D eigenvalue weighted by Gasteiger charge is -2.21. The molecule has 0 bridgehead atoms. The van der Waals surface area contributed by atoms with Gasteiger partial charge in [-0.1, -0.05) is 23.7 Å². The van der Waals surface area contributed by atoms with E-state index in [9.17, 15) is 8.42 Å². The van der Waals surface area contributed by atoms with Crippen molar-refractivity contribution in [3.8, 4) is 11.4 Å². The van der Waals surface area contributed by atoms with E-state index in [2.05, 4.69) is 19.2 Å². The fourth-order valence-electron chi connectivity index (χ4n) is 4.55. The largest absolute Gasteiger partial charge is 0.356 e. The predicted octanol–water partition coefficient (Wildman–Crippen LogP) is 2.52. The highest BCUT2D eigenvalue weighted by atomic mass is 35.5. The number of benzene rings is 1. The molecule has 5 rings (SSSR count). The lowest BCUT2D eigenvalue weighted by molar-refractivity contribution is 0.568. The van der Waals surface area contributed by atoms with Crippen molar-refractivity contribution >= 4 is 38.5 Å². The van der Waals surface area contributed by atoms with E-state index >= 15 is 0 Å². The van der Waals surface area contributed by atoms with Crippen molar-refractivity contribution in [3.63, 3.8) is 0 Å². The highest BCUT2D eigenvalue weighted by Gasteiger charge is 2.55. The Morgan fingerprint density at radius 3 is 2.66 bits per heavy atom. The Bertz CT molecular complexity index is 1200. The van der Waals surface area contributed by atoms with Gasteiger partial charge in [0.1, 0.15) is 11.6 Å². The first-order valence-corrected chi connectivity index (χ1v) is 11.9. The zero-order valence-corrected chi connectivity index (χ0v) is 17.8. The highest BCUT2D eigenvalue weighted by Crippen LogP contribution is 2.52. The number of pyridine rings is 1. The molecular weight excluding hydrogens is 410 g/mol. The van der Waals surface area contributed by atoms with E-state index < -0.39 is 10.0 Å². The molecule has 1 N–H and O–H groups in total. The Kier molecular flexibility index (Phi) is 4.34. The van der Waals surface area contributed by atoms with Crippen LogP contribution in [0.3, 0.4) is 0 Å². The predicted molar refractivity (Wildman–Crippen MR) is 114 cm³/mol. The second-order valence-electron chi connectivity index (χ2n) is 8.02. The minimum absolute atomic E-state index is 0.424. The molecule has 1 saturated heterocycles. The van der Waals surface area contributed by atoms with Crippen molar-refractivity contribution in [2.24, 2.45) is 24.8 Å². The van der Waals surface area contributed by atoms with Gasteiger partial charge < -0.3 is 9.47 Å². The molecule has 2 aromatic heterocycles. The van der Waals surface area contributed by atoms with Gasteiger partial charge in [0.2, 0.25) is 10.0 Å². The van der Waals surface area contributed by atoms with E-state index in [0.29, 0.717) is 29.3 Å². The first-order valence-electron chi connectivity index (χ1n) is 9.59. The number of hydrogen-bond acceptors (Lipinski definition) is 5. The molecule has 0 spiro atoms. The van der Waals surface area contributed by atoms with Gasteiger partial charge in [0.15, 0.2) is 0 Å². The standard InChI is InChI=1S/C20H22ClN5O2S/c1-25-18-6-4-3-5-17(18)24-20(25)12-7-19(22-9-16(12)21)26-10-14-13(15(14)11-26)8-23-29(2,27)28/h3-7,9,13-15,23H,8,10-11H2,1-2H3. The molecule has 0 amide bonds. The van der Waals surface area contributed by atoms with Gasteiger partial charge in [0, 0.05) is 38.4 Å². The number of para-hydroxylation sites is 2. The molecule has 152 valence electrons. The van der Waals surface area contributed by atoms with Gasteiger partial charge in [-0.3, -0.25) is 0 Å². The van der Waals surface area contributed by atoms with Gasteiger partial charge in [0.25, 0.3) is 0 Å². The molecule has 29 heavy (non-hydrogen) atoms. The number of aromatic nitrogens is 3. The maximum absolute atomic E-state index is 11.3. The second kappa shape index (κ2) is 6.68. The Morgan fingerprint density at radius 2 is 1.97 bits per heavy atom. The van der Waals surface area contributed by atoms with Gasteiger partial charge in [-0.25, -0.2) is 23.1 Å². The molecule has 1 aromatic carbocycles. The number of rotatable bonds is 5. The highest BCUT2D eigenvalue weighted by molar-refractivity contribution is 7.88. The van der Waals surface area contributed by atoms with Crippen molar-refractivity contribution in [1.82, 2.24) is 19.3 Å². The van der Waals surface area contributed by atoms with Crippen LogP contribution in [-0.2, 0) is 17.1 Å². The average Bonchev–Trinajstić information content (AvgIpc) is 3.00. The fourth-order valence-corrected chi connectivity index (χ4v) is 5.23. The lowest BCUT2D eigenvalue weighted by Crippen LogP contribution is -2.30. The molecule has 2 aliphatic rings. The normalized spacial score (nSPS) is 23.6. The Morgan fingerprint density at radius 1 is 1.24 bits per heavy atom. The van der Waals surface area contributed by atoms with Crippen LogP contribution >= 0.6 is 11.6 Å². The summed E-state index contributed by atoms with van der Waals surface area (Å²) in [6.45, 7) is 2.30. The van der Waals surface area contributed by atoms with E-state index in [4.69, 9.17) is 16.6 Å². The Hall–Kier alpha value is -2.16. The van der Waals surface area contributed by atoms with E-state index in [1.54, 1.807) is 6.20 Å². The molecule has 7 nitrogen and oxygen atoms in total. The third-order valence-electron chi connectivity index (χ3n) is 6.15. The van der Waals surface area contributed by atoms with Gasteiger partial charge in [0.05, 0.1) is 22.3 Å². The van der Waals surface area contributed by atoms with Crippen LogP contribution in [-0.4, -0.2) is 48.8 Å². The second-order valence-corrected chi connectivity index (χ2v) is 10.3. The summed E-state index contributed by atoms with van der Waals surface area (Å²) in [7, 11) is -1.14. The van der Waals surface area contributed by atoms with Gasteiger partial charge >= 0.3 is 0 Å². The number of imidazole rings is 1. The first-order chi connectivity index (χ1) is 13.8. The maximum Gasteiger partial charge on any atom is 0.208 e. The Labute approximate surface area is 174 Å². The number of aryl methyl sites for hydroxylation is 1. The molecule has 1 aliphatic carbocycles. The summed E-state index contributed by atoms with van der Waals surface area (Å²) in [5, 5.41) is 0.576. The van der Waals surface area contributed by atoms with Crippen molar-refractivity contribution in [1.29, 1.82) is 0 Å². The SMILES string of the molecule is Cn1c(-c2cc(N3CC4C(CNS(C)(=O)=O)C4C3)ncc2Cl)nc2ccccc21. The number of hydrogen-bond donors (Lipinski definition) is 1. The summed E-state index contributed by atoms with van der Waals surface area (Å²) in [5.74, 6) is 3.16. The van der Waals surface area contributed by atoms with Crippen molar-refractivity contribution < 1.29 is 8.42 Å². The van der Waals surface area contributed by atoms with Crippen LogP contribution in [0.5, 0.6) is 0 Å². The molecule has 3 aromatic rings. The van der Waals surface area contributed by atoms with Crippen molar-refractivity contribution in [2.75, 3.05) is 30.8 Å². The van der Waals surface area contributed by atoms with Crippen LogP contribution in [0.1, 0.15) is 0 Å². The van der Waals surface area contributed by atoms with Crippen molar-refractivity contribution in [3.05, 3.63) is 41.6 Å². The summed E-state index contributed by atoms with van der Waals surface area (Å²) in [4.78, 5) is 11.6. The lowest BCUT2D eigenvalue weighted by atomic mass is 10.2. The van der Waals surface area contributed by atoms with Gasteiger partial charge in [-0.15, -0.1) is 0 Å². The van der Waals surface area contributed by atoms with Gasteiger partial charge in [-0.05, 0) is 36.0 Å². The number of halogens is 1. The summed E-state index contributed by atoms with van der Waals surface area (Å²) in [5.41, 5.74) is 2.86. The molecule has 1 aliphatic heterocycles. The summed E-state index contributed by atoms with van der Waals surface area (Å²) in [6, 6.07) is 10.0. The molecule has 3 heterocycles. The minimum atomic E-state index is -3.13. The minimum Gasteiger partial charge on any atom is -0.356 e. The topological polar surface area (TPSA) is 80.1 Å². The summed E-state index contributed by atoms with van der Waals surface area (Å²) in [6.07, 6.45) is 2.90. The smallest absolute Gasteiger partial charge is 0.208 e. The van der Waals surface area contributed by atoms with Gasteiger partial charge in [-0.2, -0.15) is 0 Å². The molecule has 2 atom stereocenters. The van der Waals surface area contributed by atoms with Crippen LogP contribution in [0.25, 0.3) is 22.4 Å². The number of fused-ring (bicyclic) bond motifs is 2. The third-order valence-corrected chi connectivity index (χ3v) is 7.14. The molecule has 1 saturated carbocycles. The van der Waals surface area contributed by atoms with E-state index in [0.717, 1.165) is 41.3 Å². The van der Waals surface area contributed by atoms with E-state index in [-0.39, 0.29) is 0 Å². The molecule has 2 fully saturated rings. The number of sulfonamides is 1. The quantitative estimate of drug-likeness (QED) is 0.671. The van der Waals surface area contributed by atoms with Crippen LogP contribution in [0.4, 0.5) is 5.82 Å². The zero-order valence-electron chi connectivity index (χ0n) is 16.2. The third kappa shape index (κ3) is 3.39. The van der Waals surface area contributed by atoms with E-state index in [1.807, 2.05) is 37.4 Å². The Balaban J connectivity index is 1.37. The first kappa shape index (κ1) is 18.8. The zero-order chi connectivity index (χ0) is 20.3. The van der Waals surface area contributed by atoms with Crippen LogP contribution in [0.2, 0.25) is 5.02 Å². The number of nitrogens with zero attached hydrogens (tertiary/aromatic N) is 4. The number of nitrogens with one attached hydrogen (secondary N) is 1. The monoisotopic (exact) mass is 431 g/mol. The molecule has 9 heteroatoms. The van der Waals surface area contributed by atoms with Crippen LogP contribution in [0, 0.1) is 17.8 Å². The van der Waals surface area contributed by atoms with E-state index in [1.165, 1.54) is 6.26 Å². The fraction of sp³-hybridized carbons (Fsp3) is 0.400. The van der Waals surface area contributed by atoms with Crippen LogP contribution in [0.15, 0.2) is 36.5 Å². The number of anilines is 1.